The fourth-order valence-corrected chi connectivity index (χ4v) is 3.34. The van der Waals surface area contributed by atoms with Gasteiger partial charge in [0.1, 0.15) is 5.75 Å². The summed E-state index contributed by atoms with van der Waals surface area (Å²) < 4.78 is 10.8. The standard InChI is InChI=1S/C18H26ClN3O5/c1-10(18(24)25)8-22-5-4-14(16(9-22)27-3)21-17(23)11-6-12(19)13(20)7-15(11)26-2/h6-7,10,14,16H,4-5,8-9,20H2,1-3H3,(H,21,23)(H,24,25). The molecule has 0 aromatic heterocycles. The molecule has 2 rings (SSSR count). The second-order valence-electron chi connectivity index (χ2n) is 6.72. The van der Waals surface area contributed by atoms with E-state index in [1.807, 2.05) is 4.90 Å². The number of nitrogen functional groups attached to an aromatic ring is 1. The van der Waals surface area contributed by atoms with Gasteiger partial charge in [0, 0.05) is 32.8 Å². The second kappa shape index (κ2) is 9.25. The Morgan fingerprint density at radius 1 is 1.44 bits per heavy atom. The first kappa shape index (κ1) is 21.3. The topological polar surface area (TPSA) is 114 Å². The molecule has 1 aromatic rings. The monoisotopic (exact) mass is 399 g/mol. The molecule has 0 bridgehead atoms. The van der Waals surface area contributed by atoms with Crippen molar-refractivity contribution in [3.05, 3.63) is 22.7 Å². The fraction of sp³-hybridized carbons (Fsp3) is 0.556. The molecular weight excluding hydrogens is 374 g/mol. The number of carboxylic acid groups (broad SMARTS) is 1. The Bertz CT molecular complexity index is 700. The van der Waals surface area contributed by atoms with Gasteiger partial charge in [0.25, 0.3) is 5.91 Å². The van der Waals surface area contributed by atoms with Crippen molar-refractivity contribution in [3.8, 4) is 5.75 Å². The average molecular weight is 400 g/mol. The van der Waals surface area contributed by atoms with Crippen molar-refractivity contribution >= 4 is 29.2 Å². The van der Waals surface area contributed by atoms with Crippen LogP contribution in [-0.2, 0) is 9.53 Å². The Morgan fingerprint density at radius 2 is 2.15 bits per heavy atom. The van der Waals surface area contributed by atoms with Crippen molar-refractivity contribution in [3.63, 3.8) is 0 Å². The first-order valence-electron chi connectivity index (χ1n) is 8.68. The highest BCUT2D eigenvalue weighted by Crippen LogP contribution is 2.29. The maximum atomic E-state index is 12.7. The molecule has 9 heteroatoms. The highest BCUT2D eigenvalue weighted by atomic mass is 35.5. The maximum Gasteiger partial charge on any atom is 0.307 e. The van der Waals surface area contributed by atoms with Crippen LogP contribution in [0.5, 0.6) is 5.75 Å². The number of carbonyl (C=O) groups is 2. The molecule has 8 nitrogen and oxygen atoms in total. The minimum Gasteiger partial charge on any atom is -0.496 e. The van der Waals surface area contributed by atoms with E-state index in [4.69, 9.17) is 31.9 Å². The van der Waals surface area contributed by atoms with Crippen molar-refractivity contribution in [2.75, 3.05) is 39.6 Å². The van der Waals surface area contributed by atoms with Crippen LogP contribution >= 0.6 is 11.6 Å². The first-order valence-corrected chi connectivity index (χ1v) is 9.06. The summed E-state index contributed by atoms with van der Waals surface area (Å²) in [4.78, 5) is 25.8. The van der Waals surface area contributed by atoms with Crippen LogP contribution in [0.25, 0.3) is 0 Å². The summed E-state index contributed by atoms with van der Waals surface area (Å²) in [6, 6.07) is 2.79. The van der Waals surface area contributed by atoms with E-state index in [9.17, 15) is 9.59 Å². The second-order valence-corrected chi connectivity index (χ2v) is 7.12. The molecule has 3 unspecified atom stereocenters. The molecule has 1 heterocycles. The number of hydrogen-bond acceptors (Lipinski definition) is 6. The Kier molecular flexibility index (Phi) is 7.29. The lowest BCUT2D eigenvalue weighted by Crippen LogP contribution is -2.55. The van der Waals surface area contributed by atoms with Crippen molar-refractivity contribution in [2.45, 2.75) is 25.5 Å². The third-order valence-electron chi connectivity index (χ3n) is 4.78. The number of nitrogens with one attached hydrogen (secondary N) is 1. The Balaban J connectivity index is 2.06. The van der Waals surface area contributed by atoms with Crippen molar-refractivity contribution in [2.24, 2.45) is 5.92 Å². The molecule has 3 atom stereocenters. The minimum absolute atomic E-state index is 0.208. The predicted octanol–water partition coefficient (Wildman–Crippen LogP) is 1.47. The highest BCUT2D eigenvalue weighted by molar-refractivity contribution is 6.33. The van der Waals surface area contributed by atoms with Crippen LogP contribution in [0, 0.1) is 5.92 Å². The van der Waals surface area contributed by atoms with Crippen LogP contribution in [0.4, 0.5) is 5.69 Å². The van der Waals surface area contributed by atoms with Gasteiger partial charge in [-0.15, -0.1) is 0 Å². The molecule has 1 amide bonds. The van der Waals surface area contributed by atoms with E-state index >= 15 is 0 Å². The summed E-state index contributed by atoms with van der Waals surface area (Å²) >= 11 is 6.04. The number of anilines is 1. The number of rotatable bonds is 7. The SMILES string of the molecule is COc1cc(N)c(Cl)cc1C(=O)NC1CCN(CC(C)C(=O)O)CC1OC. The largest absolute Gasteiger partial charge is 0.496 e. The van der Waals surface area contributed by atoms with Gasteiger partial charge >= 0.3 is 5.97 Å². The fourth-order valence-electron chi connectivity index (χ4n) is 3.18. The summed E-state index contributed by atoms with van der Waals surface area (Å²) in [6.07, 6.45) is 0.390. The number of aliphatic carboxylic acids is 1. The molecule has 1 fully saturated rings. The minimum atomic E-state index is -0.827. The summed E-state index contributed by atoms with van der Waals surface area (Å²) in [7, 11) is 3.04. The highest BCUT2D eigenvalue weighted by Gasteiger charge is 2.32. The van der Waals surface area contributed by atoms with Gasteiger partial charge in [-0.3, -0.25) is 14.5 Å². The number of ether oxygens (including phenoxy) is 2. The molecular formula is C18H26ClN3O5. The molecule has 150 valence electrons. The zero-order chi connectivity index (χ0) is 20.1. The smallest absolute Gasteiger partial charge is 0.307 e. The number of nitrogens with two attached hydrogens (primary N) is 1. The number of hydrogen-bond donors (Lipinski definition) is 3. The van der Waals surface area contributed by atoms with E-state index in [1.165, 1.54) is 19.2 Å². The summed E-state index contributed by atoms with van der Waals surface area (Å²) in [5, 5.41) is 12.3. The first-order chi connectivity index (χ1) is 12.8. The molecule has 0 saturated carbocycles. The van der Waals surface area contributed by atoms with Gasteiger partial charge in [0.2, 0.25) is 0 Å². The number of methoxy groups -OCH3 is 2. The third kappa shape index (κ3) is 5.24. The summed E-state index contributed by atoms with van der Waals surface area (Å²) in [5.74, 6) is -1.27. The maximum absolute atomic E-state index is 12.7. The number of piperidine rings is 1. The molecule has 1 saturated heterocycles. The third-order valence-corrected chi connectivity index (χ3v) is 5.11. The van der Waals surface area contributed by atoms with E-state index in [-0.39, 0.29) is 23.1 Å². The zero-order valence-corrected chi connectivity index (χ0v) is 16.5. The quantitative estimate of drug-likeness (QED) is 0.595. The number of amides is 1. The van der Waals surface area contributed by atoms with E-state index in [2.05, 4.69) is 5.32 Å². The lowest BCUT2D eigenvalue weighted by Gasteiger charge is -2.38. The molecule has 1 aliphatic rings. The molecule has 0 spiro atoms. The number of likely N-dealkylation sites (tertiary alicyclic amines) is 1. The van der Waals surface area contributed by atoms with Crippen LogP contribution in [0.2, 0.25) is 5.02 Å². The number of carboxylic acids is 1. The van der Waals surface area contributed by atoms with Gasteiger partial charge in [0.15, 0.2) is 0 Å². The van der Waals surface area contributed by atoms with Crippen LogP contribution in [0.1, 0.15) is 23.7 Å². The summed E-state index contributed by atoms with van der Waals surface area (Å²) in [6.45, 7) is 3.33. The molecule has 4 N–H and O–H groups in total. The number of benzene rings is 1. The number of halogens is 1. The number of carbonyl (C=O) groups excluding carboxylic acids is 1. The van der Waals surface area contributed by atoms with Crippen LogP contribution in [-0.4, -0.2) is 67.9 Å². The van der Waals surface area contributed by atoms with Crippen molar-refractivity contribution in [1.82, 2.24) is 10.2 Å². The Labute approximate surface area is 163 Å². The van der Waals surface area contributed by atoms with E-state index in [1.54, 1.807) is 14.0 Å². The van der Waals surface area contributed by atoms with Crippen LogP contribution in [0.3, 0.4) is 0 Å². The Hall–Kier alpha value is -2.03. The van der Waals surface area contributed by atoms with Crippen molar-refractivity contribution < 1.29 is 24.2 Å². The van der Waals surface area contributed by atoms with Gasteiger partial charge in [0.05, 0.1) is 41.4 Å². The molecule has 0 radical (unpaired) electrons. The van der Waals surface area contributed by atoms with Gasteiger partial charge in [-0.25, -0.2) is 0 Å². The Morgan fingerprint density at radius 3 is 2.74 bits per heavy atom. The predicted molar refractivity (Wildman–Crippen MR) is 102 cm³/mol. The molecule has 0 aliphatic carbocycles. The zero-order valence-electron chi connectivity index (χ0n) is 15.7. The summed E-state index contributed by atoms with van der Waals surface area (Å²) in [5.41, 5.74) is 6.39. The van der Waals surface area contributed by atoms with E-state index in [0.29, 0.717) is 43.1 Å². The molecule has 27 heavy (non-hydrogen) atoms. The van der Waals surface area contributed by atoms with Crippen LogP contribution < -0.4 is 15.8 Å². The van der Waals surface area contributed by atoms with E-state index < -0.39 is 11.9 Å². The van der Waals surface area contributed by atoms with E-state index in [0.717, 1.165) is 0 Å². The normalized spacial score (nSPS) is 21.5. The van der Waals surface area contributed by atoms with Crippen molar-refractivity contribution in [1.29, 1.82) is 0 Å². The lowest BCUT2D eigenvalue weighted by molar-refractivity contribution is -0.142. The van der Waals surface area contributed by atoms with Gasteiger partial charge < -0.3 is 25.6 Å². The van der Waals surface area contributed by atoms with Gasteiger partial charge in [-0.05, 0) is 12.5 Å². The van der Waals surface area contributed by atoms with Gasteiger partial charge in [-0.2, -0.15) is 0 Å². The van der Waals surface area contributed by atoms with Gasteiger partial charge in [-0.1, -0.05) is 18.5 Å². The number of nitrogens with zero attached hydrogens (tertiary/aromatic N) is 1. The van der Waals surface area contributed by atoms with Crippen LogP contribution in [0.15, 0.2) is 12.1 Å². The molecule has 1 aromatic carbocycles. The molecule has 1 aliphatic heterocycles. The lowest BCUT2D eigenvalue weighted by atomic mass is 9.99. The average Bonchev–Trinajstić information content (AvgIpc) is 2.64.